The molecule has 0 aliphatic carbocycles. The third kappa shape index (κ3) is 21.9. The van der Waals surface area contributed by atoms with Gasteiger partial charge < -0.3 is 53.9 Å². The molecule has 2 unspecified atom stereocenters. The molecule has 6 atom stereocenters. The molecule has 0 amide bonds. The van der Waals surface area contributed by atoms with Crippen LogP contribution in [0.5, 0.6) is 23.4 Å². The molecule has 5 saturated heterocycles. The summed E-state index contributed by atoms with van der Waals surface area (Å²) in [7, 11) is 11.4. The van der Waals surface area contributed by atoms with Crippen LogP contribution in [0.3, 0.4) is 0 Å². The molecule has 5 aliphatic heterocycles. The summed E-state index contributed by atoms with van der Waals surface area (Å²) in [6.45, 7) is 13.3. The molecule has 2 N–H and O–H groups in total. The van der Waals surface area contributed by atoms with Crippen molar-refractivity contribution in [3.05, 3.63) is 130 Å². The molecule has 1 radical (unpaired) electrons. The van der Waals surface area contributed by atoms with Crippen LogP contribution in [0.2, 0.25) is 15.2 Å². The molecule has 5 fully saturated rings. The first kappa shape index (κ1) is 79.7. The summed E-state index contributed by atoms with van der Waals surface area (Å²) in [5.74, 6) is 3.20. The zero-order valence-electron chi connectivity index (χ0n) is 56.9. The van der Waals surface area contributed by atoms with Crippen LogP contribution in [0.25, 0.3) is 44.8 Å². The zero-order valence-corrected chi connectivity index (χ0v) is 62.7. The first-order valence-electron chi connectivity index (χ1n) is 31.0. The molecule has 11 heterocycles. The van der Waals surface area contributed by atoms with E-state index in [-0.39, 0.29) is 62.8 Å². The van der Waals surface area contributed by atoms with Crippen molar-refractivity contribution in [1.82, 2.24) is 71.3 Å². The van der Waals surface area contributed by atoms with Crippen molar-refractivity contribution >= 4 is 83.2 Å². The molecular formula is C67H82BCl5N16NaO7. The van der Waals surface area contributed by atoms with Crippen molar-refractivity contribution < 1.29 is 63.5 Å². The molecule has 30 heteroatoms. The molecule has 23 nitrogen and oxygen atoms in total. The van der Waals surface area contributed by atoms with Gasteiger partial charge in [-0.3, -0.25) is 0 Å². The Morgan fingerprint density at radius 2 is 1.04 bits per heavy atom. The molecule has 6 aromatic heterocycles. The topological polar surface area (TPSA) is 274 Å². The minimum atomic E-state index is -0.00653. The average Bonchev–Trinajstić information content (AvgIpc) is 1.53. The summed E-state index contributed by atoms with van der Waals surface area (Å²) >= 11 is 25.9. The van der Waals surface area contributed by atoms with Crippen molar-refractivity contribution in [3.8, 4) is 68.2 Å². The Bertz CT molecular complexity index is 3720. The number of halogens is 5. The van der Waals surface area contributed by atoms with Crippen molar-refractivity contribution in [1.29, 1.82) is 0 Å². The number of nitrogens with one attached hydrogen (secondary N) is 1. The van der Waals surface area contributed by atoms with Gasteiger partial charge in [0.1, 0.15) is 5.75 Å². The van der Waals surface area contributed by atoms with Crippen molar-refractivity contribution in [2.75, 3.05) is 70.9 Å². The summed E-state index contributed by atoms with van der Waals surface area (Å²) < 4.78 is 20.0. The van der Waals surface area contributed by atoms with Gasteiger partial charge in [-0.1, -0.05) is 59.1 Å². The van der Waals surface area contributed by atoms with E-state index in [4.69, 9.17) is 82.1 Å². The smallest absolute Gasteiger partial charge is 0.857 e. The maximum absolute atomic E-state index is 11.3. The van der Waals surface area contributed by atoms with E-state index in [9.17, 15) is 9.90 Å². The van der Waals surface area contributed by atoms with Gasteiger partial charge in [0.15, 0.2) is 16.8 Å². The van der Waals surface area contributed by atoms with Crippen LogP contribution < -0.4 is 64.0 Å². The number of hydrogen-bond donors (Lipinski definition) is 2. The van der Waals surface area contributed by atoms with Gasteiger partial charge in [0.2, 0.25) is 17.6 Å². The number of ether oxygens (including phenoxy) is 4. The van der Waals surface area contributed by atoms with Crippen LogP contribution in [-0.2, 0) is 9.53 Å². The van der Waals surface area contributed by atoms with Crippen LogP contribution in [0.4, 0.5) is 11.6 Å². The van der Waals surface area contributed by atoms with Gasteiger partial charge in [-0.2, -0.15) is 27.5 Å². The number of carbonyl (C=O) groups is 1. The second-order valence-electron chi connectivity index (χ2n) is 24.6. The minimum absolute atomic E-state index is 0. The first-order chi connectivity index (χ1) is 46.1. The van der Waals surface area contributed by atoms with Gasteiger partial charge in [0, 0.05) is 102 Å². The number of rotatable bonds is 13. The maximum atomic E-state index is 11.3. The molecule has 8 aromatic rings. The fraction of sp³-hybridized carbons (Fsp3) is 0.448. The number of fused-ring (bicyclic) bond motifs is 4. The number of anilines is 2. The van der Waals surface area contributed by atoms with Gasteiger partial charge >= 0.3 is 29.6 Å². The van der Waals surface area contributed by atoms with Gasteiger partial charge in [0.25, 0.3) is 7.41 Å². The number of carbonyl (C=O) groups excluding carboxylic acids is 1. The molecule has 97 heavy (non-hydrogen) atoms. The summed E-state index contributed by atoms with van der Waals surface area (Å²) in [5.41, 5.74) is 8.26. The number of aromatic nitrogens is 12. The molecule has 511 valence electrons. The van der Waals surface area contributed by atoms with E-state index in [0.29, 0.717) is 56.2 Å². The molecule has 4 bridgehead atoms. The third-order valence-corrected chi connectivity index (χ3v) is 18.2. The van der Waals surface area contributed by atoms with Crippen LogP contribution in [-0.4, -0.2) is 180 Å². The molecule has 13 rings (SSSR count). The maximum Gasteiger partial charge on any atom is 1.00 e. The molecular weight excluding hydrogens is 1350 g/mol. The number of methoxy groups -OCH3 is 3. The van der Waals surface area contributed by atoms with Crippen LogP contribution >= 0.6 is 58.0 Å². The number of piperidine rings is 2. The van der Waals surface area contributed by atoms with Crippen LogP contribution in [0.15, 0.2) is 110 Å². The monoisotopic (exact) mass is 1430 g/mol. The summed E-state index contributed by atoms with van der Waals surface area (Å²) in [5, 5.41) is 72.3. The number of aromatic hydroxyl groups is 1. The second kappa shape index (κ2) is 37.8. The van der Waals surface area contributed by atoms with E-state index >= 15 is 0 Å². The van der Waals surface area contributed by atoms with Crippen molar-refractivity contribution in [2.24, 2.45) is 0 Å². The fourth-order valence-corrected chi connectivity index (χ4v) is 13.4. The number of phenols is 1. The van der Waals surface area contributed by atoms with Gasteiger partial charge in [0.05, 0.1) is 79.1 Å². The average molecular weight is 1430 g/mol. The summed E-state index contributed by atoms with van der Waals surface area (Å²) in [6, 6.07) is 27.2. The SMILES string of the molecule is C1CCOC1.COc1cc(-c2ccc(-c3ccc(N(C)C4C[C@]5(C)CC[C@](C)(C4)N5)nn3)c(O)c2)cnn1.COc1cc(-c2ccc(-c3ccc(N(C)C4C[C@]5(C)CC[C@](C)(C4)N5[B]C=O)nn3)c(C)c2)cnn1.COc1cc(Cl)cnn1.C[O-].ClCCl.Clc1cnnc(Cl)c1.[Na+]. The fourth-order valence-electron chi connectivity index (χ4n) is 12.9. The Labute approximate surface area is 616 Å². The second-order valence-corrected chi connectivity index (χ2v) is 26.6. The Balaban J connectivity index is 0.000000220. The van der Waals surface area contributed by atoms with Crippen LogP contribution in [0, 0.1) is 6.92 Å². The number of hydrogen-bond acceptors (Lipinski definition) is 23. The minimum Gasteiger partial charge on any atom is -0.857 e. The van der Waals surface area contributed by atoms with E-state index in [1.165, 1.54) is 51.3 Å². The van der Waals surface area contributed by atoms with Crippen molar-refractivity contribution in [2.45, 2.75) is 133 Å². The standard InChI is InChI=1S/C27H32BN6O2.C25H30N6O2.C5H5ClN2O.C4H2Cl2N2.C4H8O.CH2Cl2.CH3O.Na/c1-18-12-19(20-13-25(36-5)32-29-16-20)6-7-22(18)23-8-9-24(31-30-23)33(4)21-14-26(2)10-11-27(3,15-21)34(26)28-17-35;1-24-9-10-25(2,30-24)14-18(13-24)31(3)22-8-7-20(27-28-22)19-6-5-16(11-21(19)32)17-12-23(33-4)29-26-15-17;1-9-5-2-4(6)3-7-8-5;5-3-1-4(6)8-7-2-3;1-2-4-5-3-1;2-1-3;1-2;/h6-9,12-13,16-17,21H,10-11,14-15H2,1-5H3;5-8,11-12,15,18,30,32H,9-10,13-14H2,1-4H3;2-3H,1H3;1-2H;1-4H2;1H2;1H3;/q;;;;;;-1;+1/t21?,26-,27+;18?,24-,25+;;;;;;. The molecule has 2 aromatic carbocycles. The largest absolute Gasteiger partial charge is 1.00 e. The zero-order chi connectivity index (χ0) is 69.6. The molecule has 0 saturated carbocycles. The molecule has 5 aliphatic rings. The van der Waals surface area contributed by atoms with E-state index in [0.717, 1.165) is 116 Å². The van der Waals surface area contributed by atoms with Gasteiger partial charge in [-0.15, -0.1) is 64.0 Å². The Morgan fingerprint density at radius 1 is 0.598 bits per heavy atom. The number of phenolic OH excluding ortho intramolecular Hbond substituents is 1. The third-order valence-electron chi connectivity index (χ3n) is 17.6. The number of aryl methyl sites for hydroxylation is 1. The van der Waals surface area contributed by atoms with E-state index in [1.807, 2.05) is 36.4 Å². The normalized spacial score (nSPS) is 21.5. The Hall–Kier alpha value is -6.26. The summed E-state index contributed by atoms with van der Waals surface area (Å²) in [4.78, 5) is 18.1. The Morgan fingerprint density at radius 3 is 1.43 bits per heavy atom. The quantitative estimate of drug-likeness (QED) is 0.0619. The van der Waals surface area contributed by atoms with Crippen LogP contribution in [0.1, 0.15) is 97.5 Å². The van der Waals surface area contributed by atoms with E-state index in [2.05, 4.69) is 154 Å². The predicted molar refractivity (Wildman–Crippen MR) is 377 cm³/mol. The number of nitrogens with zero attached hydrogens (tertiary/aromatic N) is 15. The number of alkyl halides is 2. The first-order valence-corrected chi connectivity index (χ1v) is 33.2. The number of benzene rings is 2. The predicted octanol–water partition coefficient (Wildman–Crippen LogP) is 8.87. The molecule has 0 spiro atoms. The van der Waals surface area contributed by atoms with E-state index in [1.54, 1.807) is 52.2 Å². The summed E-state index contributed by atoms with van der Waals surface area (Å²) in [6.07, 6.45) is 18.5. The van der Waals surface area contributed by atoms with Gasteiger partial charge in [-0.05, 0) is 158 Å². The van der Waals surface area contributed by atoms with Crippen molar-refractivity contribution in [3.63, 3.8) is 0 Å². The van der Waals surface area contributed by atoms with E-state index < -0.39 is 0 Å². The van der Waals surface area contributed by atoms with Gasteiger partial charge in [-0.25, -0.2) is 0 Å². The Kier molecular flexibility index (Phi) is 31.1.